The molecule has 2 unspecified atom stereocenters. The minimum atomic E-state index is 0.290. The summed E-state index contributed by atoms with van der Waals surface area (Å²) in [5.41, 5.74) is 0. The van der Waals surface area contributed by atoms with Crippen LogP contribution < -0.4 is 10.6 Å². The summed E-state index contributed by atoms with van der Waals surface area (Å²) in [4.78, 5) is 12.4. The Kier molecular flexibility index (Phi) is 6.34. The Morgan fingerprint density at radius 3 is 2.60 bits per heavy atom. The van der Waals surface area contributed by atoms with Crippen LogP contribution in [0.2, 0.25) is 0 Å². The fourth-order valence-corrected chi connectivity index (χ4v) is 3.79. The van der Waals surface area contributed by atoms with Crippen molar-refractivity contribution in [3.63, 3.8) is 0 Å². The van der Waals surface area contributed by atoms with Crippen LogP contribution in [0, 0.1) is 11.8 Å². The first-order valence-corrected chi connectivity index (χ1v) is 8.72. The molecule has 0 bridgehead atoms. The topological polar surface area (TPSA) is 41.1 Å². The molecule has 3 nitrogen and oxygen atoms in total. The zero-order chi connectivity index (χ0) is 14.4. The van der Waals surface area contributed by atoms with Crippen LogP contribution in [0.3, 0.4) is 0 Å². The quantitative estimate of drug-likeness (QED) is 0.811. The van der Waals surface area contributed by atoms with E-state index in [4.69, 9.17) is 0 Å². The van der Waals surface area contributed by atoms with Crippen LogP contribution >= 0.6 is 0 Å². The van der Waals surface area contributed by atoms with Crippen LogP contribution in [-0.2, 0) is 4.79 Å². The number of unbranched alkanes of at least 4 members (excludes halogenated alkanes) is 1. The standard InChI is InChI=1S/C17H32N2O/c1-3-4-5-14-6-8-15(9-7-14)17(20)19-16-10-11-18-13(2)12-16/h13-16,18H,3-12H2,1-2H3,(H,19,20). The smallest absolute Gasteiger partial charge is 0.223 e. The van der Waals surface area contributed by atoms with Gasteiger partial charge in [-0.05, 0) is 57.9 Å². The molecule has 2 atom stereocenters. The lowest BCUT2D eigenvalue weighted by Gasteiger charge is -2.32. The molecule has 1 saturated heterocycles. The van der Waals surface area contributed by atoms with Crippen molar-refractivity contribution in [2.45, 2.75) is 83.7 Å². The van der Waals surface area contributed by atoms with Gasteiger partial charge in [-0.15, -0.1) is 0 Å². The van der Waals surface area contributed by atoms with Crippen molar-refractivity contribution in [3.8, 4) is 0 Å². The number of nitrogens with one attached hydrogen (secondary N) is 2. The predicted octanol–water partition coefficient (Wildman–Crippen LogP) is 3.24. The predicted molar refractivity (Wildman–Crippen MR) is 83.6 cm³/mol. The van der Waals surface area contributed by atoms with Gasteiger partial charge in [0.2, 0.25) is 5.91 Å². The lowest BCUT2D eigenvalue weighted by atomic mass is 9.79. The molecule has 1 amide bonds. The molecule has 2 aliphatic rings. The summed E-state index contributed by atoms with van der Waals surface area (Å²) in [6.45, 7) is 5.51. The molecule has 1 aliphatic heterocycles. The number of hydrogen-bond donors (Lipinski definition) is 2. The number of carbonyl (C=O) groups is 1. The number of amides is 1. The van der Waals surface area contributed by atoms with E-state index in [2.05, 4.69) is 24.5 Å². The number of carbonyl (C=O) groups excluding carboxylic acids is 1. The number of piperidine rings is 1. The molecule has 1 aliphatic carbocycles. The molecule has 2 rings (SSSR count). The molecule has 0 spiro atoms. The van der Waals surface area contributed by atoms with Crippen molar-refractivity contribution in [2.75, 3.05) is 6.54 Å². The molecule has 0 aromatic heterocycles. The van der Waals surface area contributed by atoms with E-state index in [1.165, 1.54) is 32.1 Å². The van der Waals surface area contributed by atoms with E-state index < -0.39 is 0 Å². The number of rotatable bonds is 5. The van der Waals surface area contributed by atoms with Gasteiger partial charge < -0.3 is 10.6 Å². The molecular weight excluding hydrogens is 248 g/mol. The third-order valence-electron chi connectivity index (χ3n) is 5.15. The van der Waals surface area contributed by atoms with Crippen LogP contribution in [0.1, 0.15) is 71.6 Å². The van der Waals surface area contributed by atoms with Gasteiger partial charge in [0.25, 0.3) is 0 Å². The van der Waals surface area contributed by atoms with Crippen molar-refractivity contribution in [3.05, 3.63) is 0 Å². The normalized spacial score (nSPS) is 34.7. The first-order valence-electron chi connectivity index (χ1n) is 8.72. The highest BCUT2D eigenvalue weighted by Gasteiger charge is 2.28. The second-order valence-electron chi connectivity index (χ2n) is 6.94. The summed E-state index contributed by atoms with van der Waals surface area (Å²) in [7, 11) is 0. The van der Waals surface area contributed by atoms with Gasteiger partial charge in [0.1, 0.15) is 0 Å². The van der Waals surface area contributed by atoms with Gasteiger partial charge in [0.05, 0.1) is 0 Å². The maximum Gasteiger partial charge on any atom is 0.223 e. The Labute approximate surface area is 124 Å². The molecule has 0 aromatic carbocycles. The van der Waals surface area contributed by atoms with E-state index in [-0.39, 0.29) is 5.92 Å². The largest absolute Gasteiger partial charge is 0.353 e. The zero-order valence-electron chi connectivity index (χ0n) is 13.3. The molecule has 0 radical (unpaired) electrons. The third-order valence-corrected chi connectivity index (χ3v) is 5.15. The van der Waals surface area contributed by atoms with E-state index >= 15 is 0 Å². The van der Waals surface area contributed by atoms with Gasteiger partial charge in [-0.25, -0.2) is 0 Å². The Balaban J connectivity index is 1.69. The zero-order valence-corrected chi connectivity index (χ0v) is 13.3. The number of hydrogen-bond acceptors (Lipinski definition) is 2. The maximum absolute atomic E-state index is 12.4. The monoisotopic (exact) mass is 280 g/mol. The molecule has 20 heavy (non-hydrogen) atoms. The fourth-order valence-electron chi connectivity index (χ4n) is 3.79. The van der Waals surface area contributed by atoms with Gasteiger partial charge in [0.15, 0.2) is 0 Å². The maximum atomic E-state index is 12.4. The molecule has 2 fully saturated rings. The lowest BCUT2D eigenvalue weighted by Crippen LogP contribution is -2.48. The first-order chi connectivity index (χ1) is 9.69. The van der Waals surface area contributed by atoms with Crippen LogP contribution in [0.15, 0.2) is 0 Å². The SMILES string of the molecule is CCCCC1CCC(C(=O)NC2CCNC(C)C2)CC1. The summed E-state index contributed by atoms with van der Waals surface area (Å²) < 4.78 is 0. The van der Waals surface area contributed by atoms with Gasteiger partial charge >= 0.3 is 0 Å². The third kappa shape index (κ3) is 4.76. The Bertz CT molecular complexity index is 297. The van der Waals surface area contributed by atoms with E-state index in [1.807, 2.05) is 0 Å². The highest BCUT2D eigenvalue weighted by molar-refractivity contribution is 5.79. The summed E-state index contributed by atoms with van der Waals surface area (Å²) in [5, 5.41) is 6.74. The van der Waals surface area contributed by atoms with Crippen molar-refractivity contribution < 1.29 is 4.79 Å². The Hall–Kier alpha value is -0.570. The van der Waals surface area contributed by atoms with Gasteiger partial charge in [-0.3, -0.25) is 4.79 Å². The van der Waals surface area contributed by atoms with Crippen molar-refractivity contribution >= 4 is 5.91 Å². The second-order valence-corrected chi connectivity index (χ2v) is 6.94. The lowest BCUT2D eigenvalue weighted by molar-refractivity contribution is -0.127. The average molecular weight is 280 g/mol. The molecule has 116 valence electrons. The van der Waals surface area contributed by atoms with Crippen LogP contribution in [0.4, 0.5) is 0 Å². The van der Waals surface area contributed by atoms with Crippen molar-refractivity contribution in [2.24, 2.45) is 11.8 Å². The first kappa shape index (κ1) is 15.8. The van der Waals surface area contributed by atoms with Gasteiger partial charge in [-0.2, -0.15) is 0 Å². The summed E-state index contributed by atoms with van der Waals surface area (Å²) in [5.74, 6) is 1.51. The van der Waals surface area contributed by atoms with E-state index in [1.54, 1.807) is 0 Å². The minimum Gasteiger partial charge on any atom is -0.353 e. The molecule has 2 N–H and O–H groups in total. The summed E-state index contributed by atoms with van der Waals surface area (Å²) in [6.07, 6.45) is 10.9. The van der Waals surface area contributed by atoms with Crippen molar-refractivity contribution in [1.82, 2.24) is 10.6 Å². The molecule has 1 saturated carbocycles. The van der Waals surface area contributed by atoms with Crippen LogP contribution in [0.5, 0.6) is 0 Å². The van der Waals surface area contributed by atoms with Crippen molar-refractivity contribution in [1.29, 1.82) is 0 Å². The van der Waals surface area contributed by atoms with Crippen LogP contribution in [0.25, 0.3) is 0 Å². The van der Waals surface area contributed by atoms with E-state index in [0.29, 0.717) is 18.0 Å². The van der Waals surface area contributed by atoms with Crippen LogP contribution in [-0.4, -0.2) is 24.5 Å². The Morgan fingerprint density at radius 2 is 1.95 bits per heavy atom. The Morgan fingerprint density at radius 1 is 1.20 bits per heavy atom. The molecular formula is C17H32N2O. The van der Waals surface area contributed by atoms with Gasteiger partial charge in [0, 0.05) is 18.0 Å². The summed E-state index contributed by atoms with van der Waals surface area (Å²) in [6, 6.07) is 0.940. The van der Waals surface area contributed by atoms with E-state index in [9.17, 15) is 4.79 Å². The molecule has 1 heterocycles. The molecule has 3 heteroatoms. The average Bonchev–Trinajstić information content (AvgIpc) is 2.45. The fraction of sp³-hybridized carbons (Fsp3) is 0.941. The molecule has 0 aromatic rings. The summed E-state index contributed by atoms with van der Waals surface area (Å²) >= 11 is 0. The second kappa shape index (κ2) is 8.02. The highest BCUT2D eigenvalue weighted by atomic mass is 16.1. The van der Waals surface area contributed by atoms with E-state index in [0.717, 1.165) is 38.1 Å². The minimum absolute atomic E-state index is 0.290. The highest BCUT2D eigenvalue weighted by Crippen LogP contribution is 2.32. The van der Waals surface area contributed by atoms with Gasteiger partial charge in [-0.1, -0.05) is 26.2 Å².